The molecule has 2 bridgehead atoms. The number of nitriles is 1. The molecule has 0 heterocycles. The molecule has 0 aromatic carbocycles. The van der Waals surface area contributed by atoms with Crippen LogP contribution in [-0.4, -0.2) is 37.1 Å². The van der Waals surface area contributed by atoms with Gasteiger partial charge in [0.05, 0.1) is 6.07 Å². The van der Waals surface area contributed by atoms with E-state index in [0.29, 0.717) is 0 Å². The van der Waals surface area contributed by atoms with Crippen molar-refractivity contribution in [3.63, 3.8) is 0 Å². The largest absolute Gasteiger partial charge is 0.303 e. The highest BCUT2D eigenvalue weighted by atomic mass is 15.1. The van der Waals surface area contributed by atoms with Crippen LogP contribution in [0.5, 0.6) is 0 Å². The summed E-state index contributed by atoms with van der Waals surface area (Å²) in [6.07, 6.45) is 5.82. The van der Waals surface area contributed by atoms with E-state index >= 15 is 0 Å². The van der Waals surface area contributed by atoms with Crippen LogP contribution >= 0.6 is 0 Å². The second-order valence-electron chi connectivity index (χ2n) is 6.61. The van der Waals surface area contributed by atoms with Crippen LogP contribution in [0.4, 0.5) is 0 Å². The van der Waals surface area contributed by atoms with E-state index in [-0.39, 0.29) is 0 Å². The minimum atomic E-state index is -0.402. The van der Waals surface area contributed by atoms with Gasteiger partial charge in [-0.3, -0.25) is 5.32 Å². The van der Waals surface area contributed by atoms with Crippen LogP contribution < -0.4 is 5.32 Å². The summed E-state index contributed by atoms with van der Waals surface area (Å²) in [5, 5.41) is 12.6. The van der Waals surface area contributed by atoms with Crippen LogP contribution in [0.1, 0.15) is 39.5 Å². The number of hydrogen-bond donors (Lipinski definition) is 1. The SMILES string of the molecule is CCNC(C)(C#N)CN(C)CC1CC2CCC1C2. The fourth-order valence-corrected chi connectivity index (χ4v) is 4.13. The van der Waals surface area contributed by atoms with Gasteiger partial charge in [-0.1, -0.05) is 13.3 Å². The zero-order valence-corrected chi connectivity index (χ0v) is 12.1. The molecule has 2 rings (SSSR count). The maximum Gasteiger partial charge on any atom is 0.116 e. The van der Waals surface area contributed by atoms with Gasteiger partial charge in [-0.15, -0.1) is 0 Å². The summed E-state index contributed by atoms with van der Waals surface area (Å²) in [4.78, 5) is 2.36. The van der Waals surface area contributed by atoms with Crippen molar-refractivity contribution in [1.82, 2.24) is 10.2 Å². The molecule has 2 aliphatic rings. The second-order valence-corrected chi connectivity index (χ2v) is 6.61. The van der Waals surface area contributed by atoms with E-state index in [1.807, 2.05) is 6.92 Å². The molecule has 0 spiro atoms. The van der Waals surface area contributed by atoms with E-state index in [4.69, 9.17) is 0 Å². The molecule has 102 valence electrons. The number of hydrogen-bond acceptors (Lipinski definition) is 3. The topological polar surface area (TPSA) is 39.1 Å². The van der Waals surface area contributed by atoms with Crippen LogP contribution in [0.2, 0.25) is 0 Å². The lowest BCUT2D eigenvalue weighted by Gasteiger charge is -2.32. The third-order valence-electron chi connectivity index (χ3n) is 4.83. The molecule has 0 aromatic rings. The third kappa shape index (κ3) is 3.05. The first-order chi connectivity index (χ1) is 8.56. The summed E-state index contributed by atoms with van der Waals surface area (Å²) in [5.74, 6) is 2.88. The molecule has 2 aliphatic carbocycles. The molecule has 18 heavy (non-hydrogen) atoms. The van der Waals surface area contributed by atoms with Crippen molar-refractivity contribution < 1.29 is 0 Å². The van der Waals surface area contributed by atoms with Crippen LogP contribution in [0, 0.1) is 29.1 Å². The van der Waals surface area contributed by atoms with Crippen LogP contribution in [-0.2, 0) is 0 Å². The summed E-state index contributed by atoms with van der Waals surface area (Å²) < 4.78 is 0. The Bertz CT molecular complexity index is 322. The standard InChI is InChI=1S/C15H27N3/c1-4-17-15(2,10-16)11-18(3)9-14-8-12-5-6-13(14)7-12/h12-14,17H,4-9,11H2,1-3H3. The van der Waals surface area contributed by atoms with E-state index in [1.54, 1.807) is 0 Å². The van der Waals surface area contributed by atoms with Crippen molar-refractivity contribution in [2.24, 2.45) is 17.8 Å². The molecular formula is C15H27N3. The van der Waals surface area contributed by atoms with Crippen molar-refractivity contribution in [3.8, 4) is 6.07 Å². The van der Waals surface area contributed by atoms with Gasteiger partial charge in [0, 0.05) is 13.1 Å². The van der Waals surface area contributed by atoms with Crippen molar-refractivity contribution in [2.45, 2.75) is 45.1 Å². The Kier molecular flexibility index (Phi) is 4.29. The highest BCUT2D eigenvalue weighted by Gasteiger charge is 2.40. The minimum Gasteiger partial charge on any atom is -0.303 e. The fourth-order valence-electron chi connectivity index (χ4n) is 4.13. The minimum absolute atomic E-state index is 0.402. The van der Waals surface area contributed by atoms with Crippen molar-refractivity contribution in [3.05, 3.63) is 0 Å². The monoisotopic (exact) mass is 249 g/mol. The average molecular weight is 249 g/mol. The molecule has 4 atom stereocenters. The summed E-state index contributed by atoms with van der Waals surface area (Å²) in [6.45, 7) is 6.92. The predicted octanol–water partition coefficient (Wildman–Crippen LogP) is 2.25. The van der Waals surface area contributed by atoms with Gasteiger partial charge in [0.1, 0.15) is 5.54 Å². The molecule has 2 saturated carbocycles. The molecule has 4 unspecified atom stereocenters. The molecule has 2 fully saturated rings. The highest BCUT2D eigenvalue weighted by molar-refractivity contribution is 5.05. The van der Waals surface area contributed by atoms with E-state index < -0.39 is 5.54 Å². The smallest absolute Gasteiger partial charge is 0.116 e. The fraction of sp³-hybridized carbons (Fsp3) is 0.933. The number of rotatable bonds is 6. The predicted molar refractivity (Wildman–Crippen MR) is 74.1 cm³/mol. The Hall–Kier alpha value is -0.590. The van der Waals surface area contributed by atoms with E-state index in [2.05, 4.69) is 30.3 Å². The molecule has 0 amide bonds. The van der Waals surface area contributed by atoms with Crippen molar-refractivity contribution in [2.75, 3.05) is 26.7 Å². The highest BCUT2D eigenvalue weighted by Crippen LogP contribution is 2.48. The van der Waals surface area contributed by atoms with Crippen molar-refractivity contribution in [1.29, 1.82) is 5.26 Å². The molecule has 0 aromatic heterocycles. The lowest BCUT2D eigenvalue weighted by molar-refractivity contribution is 0.192. The first kappa shape index (κ1) is 13.8. The third-order valence-corrected chi connectivity index (χ3v) is 4.83. The summed E-state index contributed by atoms with van der Waals surface area (Å²) in [5.41, 5.74) is -0.402. The lowest BCUT2D eigenvalue weighted by Crippen LogP contribution is -2.50. The Labute approximate surface area is 112 Å². The molecular weight excluding hydrogens is 222 g/mol. The van der Waals surface area contributed by atoms with Crippen molar-refractivity contribution >= 4 is 0 Å². The van der Waals surface area contributed by atoms with Gasteiger partial charge in [-0.25, -0.2) is 0 Å². The Morgan fingerprint density at radius 1 is 1.39 bits per heavy atom. The van der Waals surface area contributed by atoms with Gasteiger partial charge in [0.25, 0.3) is 0 Å². The maximum atomic E-state index is 9.29. The van der Waals surface area contributed by atoms with Crippen LogP contribution in [0.3, 0.4) is 0 Å². The zero-order valence-electron chi connectivity index (χ0n) is 12.1. The zero-order chi connectivity index (χ0) is 13.2. The molecule has 0 radical (unpaired) electrons. The lowest BCUT2D eigenvalue weighted by atomic mass is 9.88. The van der Waals surface area contributed by atoms with Gasteiger partial charge >= 0.3 is 0 Å². The van der Waals surface area contributed by atoms with Gasteiger partial charge in [-0.2, -0.15) is 5.26 Å². The van der Waals surface area contributed by atoms with E-state index in [0.717, 1.165) is 30.8 Å². The Morgan fingerprint density at radius 2 is 2.17 bits per heavy atom. The summed E-state index contributed by atoms with van der Waals surface area (Å²) >= 11 is 0. The first-order valence-corrected chi connectivity index (χ1v) is 7.41. The molecule has 1 N–H and O–H groups in total. The molecule has 0 saturated heterocycles. The Morgan fingerprint density at radius 3 is 2.67 bits per heavy atom. The van der Waals surface area contributed by atoms with Gasteiger partial charge < -0.3 is 4.90 Å². The quantitative estimate of drug-likeness (QED) is 0.784. The van der Waals surface area contributed by atoms with Gasteiger partial charge in [0.15, 0.2) is 0 Å². The van der Waals surface area contributed by atoms with E-state index in [1.165, 1.54) is 32.2 Å². The second kappa shape index (κ2) is 5.59. The number of nitrogens with zero attached hydrogens (tertiary/aromatic N) is 2. The number of fused-ring (bicyclic) bond motifs is 2. The molecule has 3 nitrogen and oxygen atoms in total. The molecule has 3 heteroatoms. The maximum absolute atomic E-state index is 9.29. The molecule has 0 aliphatic heterocycles. The first-order valence-electron chi connectivity index (χ1n) is 7.41. The van der Waals surface area contributed by atoms with Crippen LogP contribution in [0.15, 0.2) is 0 Å². The summed E-state index contributed by atoms with van der Waals surface area (Å²) in [6, 6.07) is 2.42. The normalized spacial score (nSPS) is 33.6. The van der Waals surface area contributed by atoms with Crippen LogP contribution in [0.25, 0.3) is 0 Å². The summed E-state index contributed by atoms with van der Waals surface area (Å²) in [7, 11) is 2.17. The van der Waals surface area contributed by atoms with Gasteiger partial charge in [0.2, 0.25) is 0 Å². The number of likely N-dealkylation sites (N-methyl/N-ethyl adjacent to an activating group) is 2. The van der Waals surface area contributed by atoms with E-state index in [9.17, 15) is 5.26 Å². The Balaban J connectivity index is 1.81. The number of nitrogens with one attached hydrogen (secondary N) is 1. The van der Waals surface area contributed by atoms with Gasteiger partial charge in [-0.05, 0) is 57.5 Å². The average Bonchev–Trinajstić information content (AvgIpc) is 2.91.